The highest BCUT2D eigenvalue weighted by molar-refractivity contribution is 9.09. The maximum atomic E-state index is 11.1. The van der Waals surface area contributed by atoms with Gasteiger partial charge in [0.05, 0.1) is 5.33 Å². The molecule has 0 aromatic carbocycles. The average molecular weight is 266 g/mol. The molecular weight excluding hydrogens is 250 g/mol. The third-order valence-corrected chi connectivity index (χ3v) is 4.14. The van der Waals surface area contributed by atoms with E-state index in [1.807, 2.05) is 11.8 Å². The van der Waals surface area contributed by atoms with Gasteiger partial charge < -0.3 is 5.32 Å². The molecule has 4 heteroatoms. The molecule has 2 nitrogen and oxygen atoms in total. The molecule has 13 heavy (non-hydrogen) atoms. The molecule has 0 aliphatic heterocycles. The maximum absolute atomic E-state index is 11.1. The van der Waals surface area contributed by atoms with Gasteiger partial charge in [0.2, 0.25) is 5.91 Å². The molecular formula is C9H16BrNOS. The predicted molar refractivity (Wildman–Crippen MR) is 61.5 cm³/mol. The van der Waals surface area contributed by atoms with E-state index in [2.05, 4.69) is 27.5 Å². The lowest BCUT2D eigenvalue weighted by molar-refractivity contribution is -0.119. The van der Waals surface area contributed by atoms with Gasteiger partial charge in [0.25, 0.3) is 0 Å². The van der Waals surface area contributed by atoms with E-state index in [0.29, 0.717) is 11.4 Å². The largest absolute Gasteiger partial charge is 0.353 e. The van der Waals surface area contributed by atoms with Crippen molar-refractivity contribution in [1.29, 1.82) is 0 Å². The van der Waals surface area contributed by atoms with Crippen LogP contribution in [0.15, 0.2) is 0 Å². The maximum Gasteiger partial charge on any atom is 0.230 e. The van der Waals surface area contributed by atoms with E-state index in [1.165, 1.54) is 12.8 Å². The molecule has 1 aliphatic carbocycles. The Bertz CT molecular complexity index is 169. The number of carbonyl (C=O) groups excluding carboxylic acids is 1. The summed E-state index contributed by atoms with van der Waals surface area (Å²) in [5.41, 5.74) is 0. The molecule has 0 bridgehead atoms. The summed E-state index contributed by atoms with van der Waals surface area (Å²) in [6.45, 7) is 0. The van der Waals surface area contributed by atoms with Gasteiger partial charge in [-0.05, 0) is 31.9 Å². The van der Waals surface area contributed by atoms with Crippen molar-refractivity contribution >= 4 is 33.6 Å². The van der Waals surface area contributed by atoms with Crippen molar-refractivity contribution in [2.24, 2.45) is 0 Å². The average Bonchev–Trinajstić information content (AvgIpc) is 2.19. The number of amides is 1. The van der Waals surface area contributed by atoms with Crippen LogP contribution in [0.2, 0.25) is 0 Å². The number of halogens is 1. The summed E-state index contributed by atoms with van der Waals surface area (Å²) in [5, 5.41) is 4.26. The highest BCUT2D eigenvalue weighted by atomic mass is 79.9. The molecule has 0 spiro atoms. The fourth-order valence-electron chi connectivity index (χ4n) is 1.71. The van der Waals surface area contributed by atoms with Gasteiger partial charge in [-0.25, -0.2) is 0 Å². The third-order valence-electron chi connectivity index (χ3n) is 2.49. The van der Waals surface area contributed by atoms with Crippen LogP contribution in [0.1, 0.15) is 25.7 Å². The summed E-state index contributed by atoms with van der Waals surface area (Å²) >= 11 is 5.10. The normalized spacial score (nSPS) is 28.5. The minimum atomic E-state index is 0.118. The Balaban J connectivity index is 2.21. The van der Waals surface area contributed by atoms with Crippen LogP contribution in [0.25, 0.3) is 0 Å². The summed E-state index contributed by atoms with van der Waals surface area (Å²) in [6.07, 6.45) is 6.94. The van der Waals surface area contributed by atoms with Gasteiger partial charge in [0.1, 0.15) is 0 Å². The standard InChI is InChI=1S/C9H16BrNOS/c1-13-8-4-2-7(3-5-8)11-9(12)6-10/h7-8H,2-6H2,1H3,(H,11,12). The molecule has 0 radical (unpaired) electrons. The van der Waals surface area contributed by atoms with Crippen LogP contribution in [0, 0.1) is 0 Å². The first-order valence-corrected chi connectivity index (χ1v) is 7.05. The summed E-state index contributed by atoms with van der Waals surface area (Å²) in [5.74, 6) is 0.118. The number of alkyl halides is 1. The summed E-state index contributed by atoms with van der Waals surface area (Å²) < 4.78 is 0. The molecule has 0 atom stereocenters. The van der Waals surface area contributed by atoms with E-state index in [1.54, 1.807) is 0 Å². The Morgan fingerprint density at radius 2 is 2.08 bits per heavy atom. The lowest BCUT2D eigenvalue weighted by atomic mass is 9.95. The van der Waals surface area contributed by atoms with Crippen molar-refractivity contribution in [3.63, 3.8) is 0 Å². The Labute approximate surface area is 92.4 Å². The molecule has 76 valence electrons. The number of nitrogens with one attached hydrogen (secondary N) is 1. The van der Waals surface area contributed by atoms with E-state index in [0.717, 1.165) is 18.1 Å². The van der Waals surface area contributed by atoms with E-state index in [4.69, 9.17) is 0 Å². The Morgan fingerprint density at radius 1 is 1.46 bits per heavy atom. The zero-order valence-corrected chi connectivity index (χ0v) is 10.3. The predicted octanol–water partition coefficient (Wildman–Crippen LogP) is 2.17. The van der Waals surface area contributed by atoms with Gasteiger partial charge in [0.15, 0.2) is 0 Å². The van der Waals surface area contributed by atoms with Gasteiger partial charge in [-0.3, -0.25) is 4.79 Å². The first-order valence-electron chi connectivity index (χ1n) is 4.64. The highest BCUT2D eigenvalue weighted by Crippen LogP contribution is 2.26. The Hall–Kier alpha value is 0.300. The van der Waals surface area contributed by atoms with Crippen LogP contribution in [0.4, 0.5) is 0 Å². The van der Waals surface area contributed by atoms with Gasteiger partial charge in [-0.1, -0.05) is 15.9 Å². The molecule has 1 N–H and O–H groups in total. The van der Waals surface area contributed by atoms with Crippen LogP contribution in [0.3, 0.4) is 0 Å². The zero-order chi connectivity index (χ0) is 9.68. The van der Waals surface area contributed by atoms with Crippen molar-refractivity contribution in [2.75, 3.05) is 11.6 Å². The lowest BCUT2D eigenvalue weighted by Gasteiger charge is -2.27. The molecule has 0 heterocycles. The molecule has 1 saturated carbocycles. The number of rotatable bonds is 3. The Morgan fingerprint density at radius 3 is 2.54 bits per heavy atom. The SMILES string of the molecule is CSC1CCC(NC(=O)CBr)CC1. The van der Waals surface area contributed by atoms with E-state index in [-0.39, 0.29) is 5.91 Å². The second-order valence-corrected chi connectivity index (χ2v) is 5.11. The number of hydrogen-bond acceptors (Lipinski definition) is 2. The fraction of sp³-hybridized carbons (Fsp3) is 0.889. The molecule has 0 aromatic rings. The van der Waals surface area contributed by atoms with Crippen LogP contribution in [-0.2, 0) is 4.79 Å². The second kappa shape index (κ2) is 5.91. The molecule has 0 saturated heterocycles. The minimum Gasteiger partial charge on any atom is -0.353 e. The van der Waals surface area contributed by atoms with Crippen molar-refractivity contribution in [3.05, 3.63) is 0 Å². The third kappa shape index (κ3) is 3.90. The lowest BCUT2D eigenvalue weighted by Crippen LogP contribution is -2.38. The summed E-state index contributed by atoms with van der Waals surface area (Å²) in [6, 6.07) is 0.424. The molecule has 1 fully saturated rings. The first-order chi connectivity index (χ1) is 6.26. The molecule has 1 amide bonds. The van der Waals surface area contributed by atoms with Gasteiger partial charge in [-0.15, -0.1) is 0 Å². The number of thioether (sulfide) groups is 1. The van der Waals surface area contributed by atoms with E-state index >= 15 is 0 Å². The van der Waals surface area contributed by atoms with Crippen molar-refractivity contribution < 1.29 is 4.79 Å². The molecule has 0 aromatic heterocycles. The fourth-order valence-corrected chi connectivity index (χ4v) is 2.61. The van der Waals surface area contributed by atoms with Crippen molar-refractivity contribution in [3.8, 4) is 0 Å². The van der Waals surface area contributed by atoms with Crippen LogP contribution in [0.5, 0.6) is 0 Å². The molecule has 1 rings (SSSR count). The Kier molecular flexibility index (Phi) is 5.17. The van der Waals surface area contributed by atoms with Gasteiger partial charge in [-0.2, -0.15) is 11.8 Å². The topological polar surface area (TPSA) is 29.1 Å². The van der Waals surface area contributed by atoms with E-state index in [9.17, 15) is 4.79 Å². The highest BCUT2D eigenvalue weighted by Gasteiger charge is 2.20. The molecule has 0 unspecified atom stereocenters. The van der Waals surface area contributed by atoms with E-state index < -0.39 is 0 Å². The first kappa shape index (κ1) is 11.4. The number of carbonyl (C=O) groups is 1. The monoisotopic (exact) mass is 265 g/mol. The smallest absolute Gasteiger partial charge is 0.230 e. The van der Waals surface area contributed by atoms with Crippen LogP contribution < -0.4 is 5.32 Å². The summed E-state index contributed by atoms with van der Waals surface area (Å²) in [4.78, 5) is 11.1. The minimum absolute atomic E-state index is 0.118. The van der Waals surface area contributed by atoms with Crippen molar-refractivity contribution in [2.45, 2.75) is 37.0 Å². The molecule has 1 aliphatic rings. The quantitative estimate of drug-likeness (QED) is 0.793. The second-order valence-electron chi connectivity index (χ2n) is 3.41. The van der Waals surface area contributed by atoms with Gasteiger partial charge in [0, 0.05) is 11.3 Å². The van der Waals surface area contributed by atoms with Crippen LogP contribution >= 0.6 is 27.7 Å². The van der Waals surface area contributed by atoms with Gasteiger partial charge >= 0.3 is 0 Å². The number of hydrogen-bond donors (Lipinski definition) is 1. The zero-order valence-electron chi connectivity index (χ0n) is 7.88. The van der Waals surface area contributed by atoms with Crippen molar-refractivity contribution in [1.82, 2.24) is 5.32 Å². The summed E-state index contributed by atoms with van der Waals surface area (Å²) in [7, 11) is 0. The van der Waals surface area contributed by atoms with Crippen LogP contribution in [-0.4, -0.2) is 28.8 Å².